The van der Waals surface area contributed by atoms with Crippen LogP contribution in [0.1, 0.15) is 58.9 Å². The minimum absolute atomic E-state index is 0.0418. The van der Waals surface area contributed by atoms with Gasteiger partial charge in [-0.05, 0) is 81.9 Å². The second-order valence-corrected chi connectivity index (χ2v) is 17.0. The van der Waals surface area contributed by atoms with Crippen molar-refractivity contribution >= 4 is 29.1 Å². The Hall–Kier alpha value is -8.47. The zero-order chi connectivity index (χ0) is 50.2. The molecule has 6 aromatic carbocycles. The van der Waals surface area contributed by atoms with E-state index < -0.39 is 53.5 Å². The van der Waals surface area contributed by atoms with Crippen LogP contribution in [0.2, 0.25) is 0 Å². The summed E-state index contributed by atoms with van der Waals surface area (Å²) >= 11 is 0. The maximum Gasteiger partial charge on any atom is 0.306 e. The van der Waals surface area contributed by atoms with Crippen LogP contribution in [0.25, 0.3) is 11.2 Å². The van der Waals surface area contributed by atoms with Crippen molar-refractivity contribution in [3.8, 4) is 23.0 Å². The molecule has 72 heavy (non-hydrogen) atoms. The molecule has 1 aliphatic rings. The number of nitrogens with zero attached hydrogens (tertiary/aromatic N) is 3. The summed E-state index contributed by atoms with van der Waals surface area (Å²) in [4.78, 5) is 51.5. The van der Waals surface area contributed by atoms with Crippen LogP contribution in [-0.2, 0) is 34.9 Å². The van der Waals surface area contributed by atoms with Gasteiger partial charge >= 0.3 is 11.9 Å². The number of fused-ring (bicyclic) bond motifs is 1. The lowest BCUT2D eigenvalue weighted by Gasteiger charge is -2.37. The topological polar surface area (TPSA) is 195 Å². The highest BCUT2D eigenvalue weighted by Gasteiger charge is 2.45. The fourth-order valence-corrected chi connectivity index (χ4v) is 9.32. The largest absolute Gasteiger partial charge is 0.497 e. The number of imidazole rings is 1. The lowest BCUT2D eigenvalue weighted by molar-refractivity contribution is -0.157. The average Bonchev–Trinajstić information content (AvgIpc) is 4.04. The van der Waals surface area contributed by atoms with Crippen LogP contribution in [0.3, 0.4) is 0 Å². The number of rotatable bonds is 20. The zero-order valence-corrected chi connectivity index (χ0v) is 40.0. The van der Waals surface area contributed by atoms with Crippen molar-refractivity contribution in [2.75, 3.05) is 40.4 Å². The Kier molecular flexibility index (Phi) is 14.3. The molecule has 16 heteroatoms. The number of aromatic nitrogens is 4. The van der Waals surface area contributed by atoms with E-state index in [0.29, 0.717) is 23.0 Å². The van der Waals surface area contributed by atoms with E-state index in [4.69, 9.17) is 38.1 Å². The number of aromatic amines is 1. The van der Waals surface area contributed by atoms with Gasteiger partial charge in [0.2, 0.25) is 5.95 Å². The lowest BCUT2D eigenvalue weighted by Crippen LogP contribution is -2.39. The second kappa shape index (κ2) is 21.3. The number of carboxylic acid groups (broad SMARTS) is 1. The maximum atomic E-state index is 14.2. The number of carbonyl (C=O) groups excluding carboxylic acids is 1. The summed E-state index contributed by atoms with van der Waals surface area (Å²) in [7, 11) is 6.40. The summed E-state index contributed by atoms with van der Waals surface area (Å²) < 4.78 is 43.9. The van der Waals surface area contributed by atoms with Crippen LogP contribution in [0.15, 0.2) is 169 Å². The Balaban J connectivity index is 1.12. The van der Waals surface area contributed by atoms with E-state index in [0.717, 1.165) is 33.4 Å². The molecule has 3 heterocycles. The Morgan fingerprint density at radius 1 is 0.667 bits per heavy atom. The predicted molar refractivity (Wildman–Crippen MR) is 268 cm³/mol. The molecule has 16 nitrogen and oxygen atoms in total. The van der Waals surface area contributed by atoms with Crippen LogP contribution in [0, 0.1) is 0 Å². The van der Waals surface area contributed by atoms with E-state index in [9.17, 15) is 19.5 Å². The van der Waals surface area contributed by atoms with Gasteiger partial charge in [0, 0.05) is 6.42 Å². The summed E-state index contributed by atoms with van der Waals surface area (Å²) in [6, 6.07) is 49.9. The third-order valence-electron chi connectivity index (χ3n) is 12.9. The first-order valence-corrected chi connectivity index (χ1v) is 23.2. The normalized spacial score (nSPS) is 15.7. The zero-order valence-electron chi connectivity index (χ0n) is 40.0. The first-order valence-electron chi connectivity index (χ1n) is 23.2. The number of hydrogen-bond donors (Lipinski definition) is 3. The molecule has 1 aliphatic heterocycles. The van der Waals surface area contributed by atoms with Gasteiger partial charge in [-0.1, -0.05) is 109 Å². The van der Waals surface area contributed by atoms with Crippen LogP contribution >= 0.6 is 0 Å². The number of H-pyrrole nitrogens is 1. The second-order valence-electron chi connectivity index (χ2n) is 17.0. The van der Waals surface area contributed by atoms with E-state index in [1.807, 2.05) is 158 Å². The molecule has 2 aromatic heterocycles. The number of methoxy groups -OCH3 is 4. The Morgan fingerprint density at radius 3 is 1.61 bits per heavy atom. The van der Waals surface area contributed by atoms with Gasteiger partial charge in [0.05, 0.1) is 54.2 Å². The molecule has 0 unspecified atom stereocenters. The maximum absolute atomic E-state index is 14.2. The highest BCUT2D eigenvalue weighted by atomic mass is 16.6. The third-order valence-corrected chi connectivity index (χ3v) is 12.9. The fourth-order valence-electron chi connectivity index (χ4n) is 9.32. The molecule has 0 bridgehead atoms. The highest BCUT2D eigenvalue weighted by molar-refractivity contribution is 5.77. The summed E-state index contributed by atoms with van der Waals surface area (Å²) in [5, 5.41) is 13.1. The lowest BCUT2D eigenvalue weighted by atomic mass is 9.77. The minimum atomic E-state index is -1.25. The van der Waals surface area contributed by atoms with Gasteiger partial charge in [0.15, 0.2) is 11.2 Å². The minimum Gasteiger partial charge on any atom is -0.497 e. The van der Waals surface area contributed by atoms with E-state index in [2.05, 4.69) is 15.3 Å². The van der Waals surface area contributed by atoms with Crippen molar-refractivity contribution in [2.24, 2.45) is 0 Å². The number of carbonyl (C=O) groups is 2. The number of anilines is 1. The van der Waals surface area contributed by atoms with Crippen molar-refractivity contribution in [3.63, 3.8) is 0 Å². The first-order chi connectivity index (χ1) is 35.1. The summed E-state index contributed by atoms with van der Waals surface area (Å²) in [5.74, 6) is 0.872. The van der Waals surface area contributed by atoms with E-state index in [1.54, 1.807) is 33.0 Å². The average molecular weight is 972 g/mol. The van der Waals surface area contributed by atoms with Gasteiger partial charge in [-0.3, -0.25) is 23.9 Å². The van der Waals surface area contributed by atoms with Crippen molar-refractivity contribution in [2.45, 2.75) is 48.8 Å². The summed E-state index contributed by atoms with van der Waals surface area (Å²) in [5.41, 5.74) is 2.09. The number of nitrogens with one attached hydrogen (secondary N) is 2. The van der Waals surface area contributed by atoms with Crippen LogP contribution in [0.5, 0.6) is 23.0 Å². The monoisotopic (exact) mass is 971 g/mol. The molecule has 3 N–H and O–H groups in total. The van der Waals surface area contributed by atoms with Crippen molar-refractivity contribution in [1.29, 1.82) is 0 Å². The van der Waals surface area contributed by atoms with Gasteiger partial charge in [-0.25, -0.2) is 4.98 Å². The molecule has 0 saturated carbocycles. The van der Waals surface area contributed by atoms with Crippen molar-refractivity contribution < 1.29 is 47.9 Å². The predicted octanol–water partition coefficient (Wildman–Crippen LogP) is 8.63. The number of hydrogen-bond acceptors (Lipinski definition) is 13. The smallest absolute Gasteiger partial charge is 0.306 e. The number of esters is 1. The van der Waals surface area contributed by atoms with Crippen molar-refractivity contribution in [3.05, 3.63) is 208 Å². The van der Waals surface area contributed by atoms with Gasteiger partial charge in [0.1, 0.15) is 52.6 Å². The van der Waals surface area contributed by atoms with Crippen LogP contribution < -0.4 is 29.8 Å². The highest BCUT2D eigenvalue weighted by Crippen LogP contribution is 2.44. The number of benzene rings is 6. The molecule has 368 valence electrons. The van der Waals surface area contributed by atoms with Gasteiger partial charge < -0.3 is 43.6 Å². The Labute approximate surface area is 415 Å². The van der Waals surface area contributed by atoms with E-state index in [-0.39, 0.29) is 36.6 Å². The standard InChI is InChI=1S/C56H53N5O11/c1-66-42-23-15-37(16-24-42)55(36-11-7-5-8-12-36,38-17-25-43(67-2)26-18-38)60-54-58-52-51(53(65)59-54)57-35-61(52)48-33-46(72-50(64)32-31-49(62)63)47(71-48)34-70-56(39-13-9-6-10-14-39,40-19-27-44(68-3)28-20-40)41-21-29-45(69-4)30-22-41/h5-30,35,46-48H,31-34H2,1-4H3,(H,62,63)(H2,58,59,60,65)/t46-,47+,48+/m0/s1. The summed E-state index contributed by atoms with van der Waals surface area (Å²) in [6.07, 6.45) is -1.99. The first kappa shape index (κ1) is 48.5. The molecule has 9 rings (SSSR count). The van der Waals surface area contributed by atoms with Crippen LogP contribution in [0.4, 0.5) is 5.95 Å². The van der Waals surface area contributed by atoms with E-state index in [1.165, 1.54) is 6.33 Å². The SMILES string of the molecule is COc1ccc(C(Nc2nc3c(ncn3[C@H]3C[C@H](OC(=O)CCC(=O)O)[C@@H](COC(c4ccccc4)(c4ccc(OC)cc4)c4ccc(OC)cc4)O3)c(=O)[nH]2)(c2ccccc2)c2ccc(OC)cc2)cc1. The van der Waals surface area contributed by atoms with Gasteiger partial charge in [-0.2, -0.15) is 4.98 Å². The molecule has 3 atom stereocenters. The Morgan fingerprint density at radius 2 is 1.12 bits per heavy atom. The fraction of sp³-hybridized carbons (Fsp3) is 0.232. The molecule has 0 aliphatic carbocycles. The molecule has 0 radical (unpaired) electrons. The van der Waals surface area contributed by atoms with Crippen LogP contribution in [-0.4, -0.2) is 83.8 Å². The number of aliphatic carboxylic acids is 1. The molecule has 0 spiro atoms. The van der Waals surface area contributed by atoms with Gasteiger partial charge in [0.25, 0.3) is 5.56 Å². The molecule has 0 amide bonds. The quantitative estimate of drug-likeness (QED) is 0.0485. The van der Waals surface area contributed by atoms with Gasteiger partial charge in [-0.15, -0.1) is 0 Å². The van der Waals surface area contributed by atoms with E-state index >= 15 is 0 Å². The van der Waals surface area contributed by atoms with Crippen molar-refractivity contribution in [1.82, 2.24) is 19.5 Å². The summed E-state index contributed by atoms with van der Waals surface area (Å²) in [6.45, 7) is -0.128. The molecular weight excluding hydrogens is 919 g/mol. The molecule has 1 saturated heterocycles. The molecule has 1 fully saturated rings. The Bertz CT molecular complexity index is 3070. The number of ether oxygens (including phenoxy) is 7. The molecular formula is C56H53N5O11. The number of carboxylic acids is 1. The molecule has 8 aromatic rings. The third kappa shape index (κ3) is 9.69.